The fourth-order valence-electron chi connectivity index (χ4n) is 7.47. The van der Waals surface area contributed by atoms with Gasteiger partial charge in [-0.2, -0.15) is 8.42 Å². The SMILES string of the molecule is Cc1cn([C@@H]2O[C@H](CO[Si](C)(C)C(C)(C)C)[C@@]3(OS(=O)(=O)C=C3N)[C@H]2O[Si](C)(C)C(C)(C)C)c(=O)n(CCCNC(=O)[C@@H](NC(=O)[C@@H]2CCCN2C(=O)[C@@H](N)C(C)C)C(C)C)c1=O. The number of likely N-dealkylation sites (tertiary alicyclic amines) is 1. The van der Waals surface area contributed by atoms with E-state index >= 15 is 0 Å². The third-order valence-electron chi connectivity index (χ3n) is 13.7. The first-order chi connectivity index (χ1) is 28.7. The van der Waals surface area contributed by atoms with Crippen LogP contribution in [0.3, 0.4) is 0 Å². The summed E-state index contributed by atoms with van der Waals surface area (Å²) < 4.78 is 55.0. The standard InChI is InChI=1S/C42H75N7O11SSi2/c1-25(2)31(44)37(53)47-20-16-18-28(47)34(50)46-32(26(3)4)35(51)45-19-17-21-48-36(52)27(5)22-49(39(48)54)38-33(59-63(14,15)41(9,10)11)42(29(43)24-61(55,56)60-42)30(58-38)23-57-62(12,13)40(6,7)8/h22,24-26,28,30-33,38H,16-21,23,43-44H2,1-15H3,(H,45,51)(H,46,50)/t28-,30+,31-,32-,33-,38+,42+/m0/s1. The van der Waals surface area contributed by atoms with Gasteiger partial charge in [-0.1, -0.05) is 69.2 Å². The van der Waals surface area contributed by atoms with E-state index in [9.17, 15) is 32.4 Å². The van der Waals surface area contributed by atoms with Crippen LogP contribution in [0.5, 0.6) is 0 Å². The molecule has 63 heavy (non-hydrogen) atoms. The molecule has 4 heterocycles. The first-order valence-electron chi connectivity index (χ1n) is 22.1. The molecule has 0 unspecified atom stereocenters. The molecule has 1 aromatic heterocycles. The summed E-state index contributed by atoms with van der Waals surface area (Å²) >= 11 is 0. The van der Waals surface area contributed by atoms with Gasteiger partial charge < -0.3 is 40.6 Å². The zero-order chi connectivity index (χ0) is 48.0. The molecular weight excluding hydrogens is 867 g/mol. The molecule has 2 saturated heterocycles. The summed E-state index contributed by atoms with van der Waals surface area (Å²) in [6.45, 7) is 29.4. The molecular formula is C42H75N7O11SSi2. The molecule has 0 bridgehead atoms. The molecule has 6 N–H and O–H groups in total. The van der Waals surface area contributed by atoms with E-state index in [1.165, 1.54) is 15.7 Å². The number of nitrogens with zero attached hydrogens (tertiary/aromatic N) is 3. The maximum atomic E-state index is 14.5. The predicted molar refractivity (Wildman–Crippen MR) is 246 cm³/mol. The smallest absolute Gasteiger partial charge is 0.333 e. The monoisotopic (exact) mass is 941 g/mol. The van der Waals surface area contributed by atoms with Gasteiger partial charge in [0.1, 0.15) is 24.3 Å². The zero-order valence-electron chi connectivity index (χ0n) is 40.1. The topological polar surface area (TPSA) is 246 Å². The van der Waals surface area contributed by atoms with Gasteiger partial charge in [0.25, 0.3) is 15.7 Å². The first-order valence-corrected chi connectivity index (χ1v) is 29.4. The van der Waals surface area contributed by atoms with Gasteiger partial charge in [0.05, 0.1) is 23.8 Å². The third-order valence-corrected chi connectivity index (χ3v) is 23.7. The number of carbonyl (C=O) groups is 3. The molecule has 1 aromatic rings. The minimum Gasteiger partial charge on any atom is -0.414 e. The van der Waals surface area contributed by atoms with Crippen molar-refractivity contribution in [1.29, 1.82) is 0 Å². The van der Waals surface area contributed by atoms with E-state index in [1.54, 1.807) is 20.8 Å². The number of ether oxygens (including phenoxy) is 1. The van der Waals surface area contributed by atoms with Crippen LogP contribution in [0.25, 0.3) is 0 Å². The second kappa shape index (κ2) is 19.0. The molecule has 1 spiro atoms. The van der Waals surface area contributed by atoms with Crippen molar-refractivity contribution in [2.24, 2.45) is 23.3 Å². The van der Waals surface area contributed by atoms with E-state index in [0.29, 0.717) is 19.4 Å². The zero-order valence-corrected chi connectivity index (χ0v) is 42.9. The van der Waals surface area contributed by atoms with Crippen LogP contribution >= 0.6 is 0 Å². The number of amides is 3. The van der Waals surface area contributed by atoms with Crippen molar-refractivity contribution in [3.8, 4) is 0 Å². The molecule has 4 rings (SSSR count). The molecule has 3 aliphatic heterocycles. The van der Waals surface area contributed by atoms with Crippen LogP contribution in [0.4, 0.5) is 0 Å². The molecule has 3 amide bonds. The molecule has 0 aromatic carbocycles. The average Bonchev–Trinajstić information content (AvgIpc) is 3.82. The van der Waals surface area contributed by atoms with E-state index in [1.807, 2.05) is 60.8 Å². The normalized spacial score (nSPS) is 25.2. The van der Waals surface area contributed by atoms with Crippen LogP contribution in [0, 0.1) is 18.8 Å². The van der Waals surface area contributed by atoms with Crippen molar-refractivity contribution in [3.05, 3.63) is 43.7 Å². The Labute approximate surface area is 375 Å². The van der Waals surface area contributed by atoms with Gasteiger partial charge in [-0.05, 0) is 74.3 Å². The number of aryl methyl sites for hydroxylation is 1. The summed E-state index contributed by atoms with van der Waals surface area (Å²) in [6, 6.07) is -2.41. The Morgan fingerprint density at radius 3 is 2.13 bits per heavy atom. The Morgan fingerprint density at radius 1 is 1.00 bits per heavy atom. The lowest BCUT2D eigenvalue weighted by atomic mass is 9.89. The summed E-state index contributed by atoms with van der Waals surface area (Å²) in [5.74, 6) is -1.60. The summed E-state index contributed by atoms with van der Waals surface area (Å²) in [6.07, 6.45) is -1.12. The van der Waals surface area contributed by atoms with Gasteiger partial charge in [0.2, 0.25) is 17.7 Å². The van der Waals surface area contributed by atoms with E-state index in [2.05, 4.69) is 31.4 Å². The maximum Gasteiger partial charge on any atom is 0.333 e. The number of nitrogens with one attached hydrogen (secondary N) is 2. The molecule has 0 radical (unpaired) electrons. The fourth-order valence-corrected chi connectivity index (χ4v) is 11.0. The van der Waals surface area contributed by atoms with Crippen molar-refractivity contribution < 1.29 is 40.6 Å². The van der Waals surface area contributed by atoms with Gasteiger partial charge in [-0.15, -0.1) is 0 Å². The van der Waals surface area contributed by atoms with E-state index in [4.69, 9.17) is 29.2 Å². The minimum absolute atomic E-state index is 0.0507. The van der Waals surface area contributed by atoms with Crippen molar-refractivity contribution in [2.75, 3.05) is 19.7 Å². The van der Waals surface area contributed by atoms with Gasteiger partial charge in [0.15, 0.2) is 28.5 Å². The lowest BCUT2D eigenvalue weighted by Crippen LogP contribution is -2.59. The Kier molecular flexibility index (Phi) is 15.8. The van der Waals surface area contributed by atoms with Gasteiger partial charge in [-0.25, -0.2) is 8.98 Å². The minimum atomic E-state index is -4.32. The first kappa shape index (κ1) is 52.4. The summed E-state index contributed by atoms with van der Waals surface area (Å²) in [4.78, 5) is 69.8. The second-order valence-electron chi connectivity index (χ2n) is 21.1. The molecule has 18 nitrogen and oxygen atoms in total. The number of carbonyl (C=O) groups excluding carboxylic acids is 3. The van der Waals surface area contributed by atoms with Crippen molar-refractivity contribution in [1.82, 2.24) is 24.7 Å². The van der Waals surface area contributed by atoms with Crippen molar-refractivity contribution >= 4 is 44.5 Å². The lowest BCUT2D eigenvalue weighted by Gasteiger charge is -2.43. The Hall–Kier alpha value is -3.19. The highest BCUT2D eigenvalue weighted by Crippen LogP contribution is 2.52. The number of hydrogen-bond donors (Lipinski definition) is 4. The summed E-state index contributed by atoms with van der Waals surface area (Å²) in [5.41, 5.74) is 9.59. The third kappa shape index (κ3) is 10.9. The van der Waals surface area contributed by atoms with Crippen LogP contribution < -0.4 is 33.3 Å². The largest absolute Gasteiger partial charge is 0.414 e. The molecule has 21 heteroatoms. The van der Waals surface area contributed by atoms with Crippen molar-refractivity contribution in [2.45, 2.75) is 180 Å². The lowest BCUT2D eigenvalue weighted by molar-refractivity contribution is -0.141. The average molecular weight is 942 g/mol. The fraction of sp³-hybridized carbons (Fsp3) is 0.786. The number of nitrogens with two attached hydrogens (primary N) is 2. The molecule has 2 fully saturated rings. The Balaban J connectivity index is 1.63. The van der Waals surface area contributed by atoms with Gasteiger partial charge in [-0.3, -0.25) is 28.3 Å². The summed E-state index contributed by atoms with van der Waals surface area (Å²) in [5, 5.41) is 5.92. The highest BCUT2D eigenvalue weighted by atomic mass is 32.2. The Bertz CT molecular complexity index is 2140. The second-order valence-corrected chi connectivity index (χ2v) is 32.1. The highest BCUT2D eigenvalue weighted by molar-refractivity contribution is 7.90. The number of rotatable bonds is 16. The quantitative estimate of drug-likeness (QED) is 0.106. The number of hydrogen-bond acceptors (Lipinski definition) is 13. The summed E-state index contributed by atoms with van der Waals surface area (Å²) in [7, 11) is -9.60. The maximum absolute atomic E-state index is 14.5. The highest BCUT2D eigenvalue weighted by Gasteiger charge is 2.67. The Morgan fingerprint density at radius 2 is 1.60 bits per heavy atom. The van der Waals surface area contributed by atoms with Crippen LogP contribution in [0.1, 0.15) is 100 Å². The van der Waals surface area contributed by atoms with Crippen LogP contribution in [0.2, 0.25) is 36.3 Å². The van der Waals surface area contributed by atoms with E-state index in [-0.39, 0.29) is 65.2 Å². The molecule has 0 aliphatic carbocycles. The predicted octanol–water partition coefficient (Wildman–Crippen LogP) is 3.15. The van der Waals surface area contributed by atoms with Crippen molar-refractivity contribution in [3.63, 3.8) is 0 Å². The van der Waals surface area contributed by atoms with Crippen LogP contribution in [-0.2, 0) is 48.8 Å². The molecule has 7 atom stereocenters. The van der Waals surface area contributed by atoms with E-state index in [0.717, 1.165) is 9.98 Å². The van der Waals surface area contributed by atoms with E-state index < -0.39 is 92.0 Å². The van der Waals surface area contributed by atoms with Crippen LogP contribution in [0.15, 0.2) is 26.9 Å². The number of aromatic nitrogens is 2. The van der Waals surface area contributed by atoms with Crippen LogP contribution in [-0.4, -0.2) is 112 Å². The molecule has 3 aliphatic rings. The van der Waals surface area contributed by atoms with Gasteiger partial charge in [0, 0.05) is 31.4 Å². The van der Waals surface area contributed by atoms with Gasteiger partial charge >= 0.3 is 5.69 Å². The molecule has 0 saturated carbocycles. The molecule has 358 valence electrons.